The second kappa shape index (κ2) is 15.8. The first-order valence-electron chi connectivity index (χ1n) is 22.0. The van der Waals surface area contributed by atoms with Gasteiger partial charge in [-0.3, -0.25) is 0 Å². The Morgan fingerprint density at radius 1 is 0.234 bits per heavy atom. The average molecular weight is 815 g/mol. The van der Waals surface area contributed by atoms with Crippen LogP contribution < -0.4 is 4.90 Å². The lowest BCUT2D eigenvalue weighted by Crippen LogP contribution is -2.09. The van der Waals surface area contributed by atoms with Crippen molar-refractivity contribution in [1.82, 2.24) is 4.57 Å². The molecule has 64 heavy (non-hydrogen) atoms. The van der Waals surface area contributed by atoms with Crippen LogP contribution in [0.25, 0.3) is 93.5 Å². The molecular formula is C62H42N2. The molecule has 0 N–H and O–H groups in total. The van der Waals surface area contributed by atoms with Gasteiger partial charge in [0.05, 0.1) is 16.7 Å². The molecule has 0 saturated heterocycles. The van der Waals surface area contributed by atoms with Crippen LogP contribution in [0.1, 0.15) is 0 Å². The van der Waals surface area contributed by atoms with E-state index in [-0.39, 0.29) is 0 Å². The summed E-state index contributed by atoms with van der Waals surface area (Å²) in [6.45, 7) is 0. The van der Waals surface area contributed by atoms with Crippen molar-refractivity contribution in [2.75, 3.05) is 4.90 Å². The van der Waals surface area contributed by atoms with Crippen LogP contribution in [0.15, 0.2) is 255 Å². The van der Waals surface area contributed by atoms with Crippen LogP contribution in [0, 0.1) is 0 Å². The molecule has 1 aromatic heterocycles. The summed E-state index contributed by atoms with van der Waals surface area (Å²) in [4.78, 5) is 2.36. The molecule has 12 rings (SSSR count). The molecule has 0 bridgehead atoms. The van der Waals surface area contributed by atoms with E-state index in [0.717, 1.165) is 17.1 Å². The normalized spacial score (nSPS) is 11.4. The Labute approximate surface area is 373 Å². The first-order valence-corrected chi connectivity index (χ1v) is 22.0. The lowest BCUT2D eigenvalue weighted by Gasteiger charge is -2.26. The first-order chi connectivity index (χ1) is 31.7. The highest BCUT2D eigenvalue weighted by molar-refractivity contribution is 6.10. The Hall–Kier alpha value is -8.46. The second-order valence-electron chi connectivity index (χ2n) is 16.5. The van der Waals surface area contributed by atoms with Crippen molar-refractivity contribution in [2.24, 2.45) is 0 Å². The SMILES string of the molecule is c1ccc(-n2c3ccccc3c3ccccc32)c(-c2ccc(-c3ccc(N(c4ccc(-c5cccc6ccccc56)cc4)c4ccc(-c5cccc6ccccc56)cc4)cc3)cc2)c1. The van der Waals surface area contributed by atoms with Gasteiger partial charge in [-0.1, -0.05) is 200 Å². The van der Waals surface area contributed by atoms with Crippen LogP contribution in [-0.2, 0) is 0 Å². The highest BCUT2D eigenvalue weighted by Crippen LogP contribution is 2.41. The highest BCUT2D eigenvalue weighted by Gasteiger charge is 2.17. The molecule has 0 aliphatic rings. The van der Waals surface area contributed by atoms with E-state index in [1.165, 1.54) is 93.5 Å². The molecule has 0 spiro atoms. The second-order valence-corrected chi connectivity index (χ2v) is 16.5. The third kappa shape index (κ3) is 6.52. The summed E-state index contributed by atoms with van der Waals surface area (Å²) in [5, 5.41) is 7.54. The molecule has 2 heteroatoms. The van der Waals surface area contributed by atoms with Gasteiger partial charge < -0.3 is 9.47 Å². The number of para-hydroxylation sites is 3. The van der Waals surface area contributed by atoms with Crippen LogP contribution in [0.2, 0.25) is 0 Å². The van der Waals surface area contributed by atoms with E-state index in [0.29, 0.717) is 0 Å². The maximum Gasteiger partial charge on any atom is 0.0541 e. The van der Waals surface area contributed by atoms with Gasteiger partial charge in [-0.25, -0.2) is 0 Å². The van der Waals surface area contributed by atoms with Gasteiger partial charge in [0.2, 0.25) is 0 Å². The van der Waals surface area contributed by atoms with Crippen molar-refractivity contribution in [1.29, 1.82) is 0 Å². The van der Waals surface area contributed by atoms with Crippen molar-refractivity contribution in [3.8, 4) is 50.2 Å². The Morgan fingerprint density at radius 2 is 0.562 bits per heavy atom. The molecule has 0 aliphatic carbocycles. The average Bonchev–Trinajstić information content (AvgIpc) is 3.71. The monoisotopic (exact) mass is 814 g/mol. The third-order valence-electron chi connectivity index (χ3n) is 12.8. The standard InChI is InChI=1S/C62H42N2/c1-3-17-53-45(13-1)15-11-22-55(53)47-33-39-51(40-34-47)63(52-41-35-48(36-42-52)56-23-12-16-46-14-2-4-18-54(46)56)50-37-31-44(32-38-50)43-27-29-49(30-28-43)57-19-5-8-24-60(57)64-61-25-9-6-20-58(61)59-21-7-10-26-62(59)64/h1-42H. The van der Waals surface area contributed by atoms with E-state index in [4.69, 9.17) is 0 Å². The number of fused-ring (bicyclic) bond motifs is 5. The Kier molecular flexibility index (Phi) is 9.20. The summed E-state index contributed by atoms with van der Waals surface area (Å²) < 4.78 is 2.41. The van der Waals surface area contributed by atoms with Crippen LogP contribution >= 0.6 is 0 Å². The number of hydrogen-bond donors (Lipinski definition) is 0. The fourth-order valence-corrected chi connectivity index (χ4v) is 9.72. The largest absolute Gasteiger partial charge is 0.311 e. The molecule has 11 aromatic carbocycles. The van der Waals surface area contributed by atoms with Crippen LogP contribution in [0.5, 0.6) is 0 Å². The van der Waals surface area contributed by atoms with Gasteiger partial charge >= 0.3 is 0 Å². The van der Waals surface area contributed by atoms with Gasteiger partial charge in [0.15, 0.2) is 0 Å². The number of aromatic nitrogens is 1. The smallest absolute Gasteiger partial charge is 0.0541 e. The van der Waals surface area contributed by atoms with Gasteiger partial charge in [0.1, 0.15) is 0 Å². The summed E-state index contributed by atoms with van der Waals surface area (Å²) in [6.07, 6.45) is 0. The van der Waals surface area contributed by atoms with Crippen molar-refractivity contribution in [3.05, 3.63) is 255 Å². The molecule has 1 heterocycles. The number of nitrogens with zero attached hydrogens (tertiary/aromatic N) is 2. The summed E-state index contributed by atoms with van der Waals surface area (Å²) in [5.74, 6) is 0. The fraction of sp³-hybridized carbons (Fsp3) is 0. The predicted octanol–water partition coefficient (Wildman–Crippen LogP) is 17.2. The summed E-state index contributed by atoms with van der Waals surface area (Å²) in [5.41, 5.74) is 16.5. The van der Waals surface area contributed by atoms with Gasteiger partial charge in [0.25, 0.3) is 0 Å². The maximum atomic E-state index is 2.41. The third-order valence-corrected chi connectivity index (χ3v) is 12.8. The molecule has 0 unspecified atom stereocenters. The molecular weight excluding hydrogens is 773 g/mol. The van der Waals surface area contributed by atoms with Crippen LogP contribution in [-0.4, -0.2) is 4.57 Å². The zero-order valence-corrected chi connectivity index (χ0v) is 35.1. The molecule has 0 atom stereocenters. The van der Waals surface area contributed by atoms with Crippen molar-refractivity contribution < 1.29 is 0 Å². The van der Waals surface area contributed by atoms with Gasteiger partial charge in [0, 0.05) is 33.4 Å². The van der Waals surface area contributed by atoms with Crippen LogP contribution in [0.4, 0.5) is 17.1 Å². The van der Waals surface area contributed by atoms with Crippen molar-refractivity contribution >= 4 is 60.4 Å². The zero-order valence-electron chi connectivity index (χ0n) is 35.1. The molecule has 2 nitrogen and oxygen atoms in total. The van der Waals surface area contributed by atoms with E-state index in [1.54, 1.807) is 0 Å². The fourth-order valence-electron chi connectivity index (χ4n) is 9.72. The molecule has 0 saturated carbocycles. The molecule has 12 aromatic rings. The summed E-state index contributed by atoms with van der Waals surface area (Å²) in [7, 11) is 0. The maximum absolute atomic E-state index is 2.41. The quantitative estimate of drug-likeness (QED) is 0.148. The Balaban J connectivity index is 0.891. The van der Waals surface area contributed by atoms with E-state index in [9.17, 15) is 0 Å². The summed E-state index contributed by atoms with van der Waals surface area (Å²) >= 11 is 0. The molecule has 300 valence electrons. The van der Waals surface area contributed by atoms with Crippen molar-refractivity contribution in [3.63, 3.8) is 0 Å². The van der Waals surface area contributed by atoms with E-state index >= 15 is 0 Å². The number of rotatable bonds is 8. The minimum Gasteiger partial charge on any atom is -0.311 e. The van der Waals surface area contributed by atoms with Gasteiger partial charge in [-0.05, 0) is 115 Å². The van der Waals surface area contributed by atoms with Crippen LogP contribution in [0.3, 0.4) is 0 Å². The molecule has 0 fully saturated rings. The predicted molar refractivity (Wildman–Crippen MR) is 272 cm³/mol. The molecule has 0 radical (unpaired) electrons. The molecule has 0 aliphatic heterocycles. The number of anilines is 3. The lowest BCUT2D eigenvalue weighted by molar-refractivity contribution is 1.18. The van der Waals surface area contributed by atoms with Gasteiger partial charge in [-0.2, -0.15) is 0 Å². The number of benzene rings is 11. The zero-order chi connectivity index (χ0) is 42.4. The number of hydrogen-bond acceptors (Lipinski definition) is 1. The van der Waals surface area contributed by atoms with Gasteiger partial charge in [-0.15, -0.1) is 0 Å². The van der Waals surface area contributed by atoms with Crippen molar-refractivity contribution in [2.45, 2.75) is 0 Å². The highest BCUT2D eigenvalue weighted by atomic mass is 15.1. The first kappa shape index (κ1) is 37.3. The van der Waals surface area contributed by atoms with E-state index < -0.39 is 0 Å². The van der Waals surface area contributed by atoms with E-state index in [2.05, 4.69) is 264 Å². The Bertz CT molecular complexity index is 3450. The Morgan fingerprint density at radius 3 is 1.06 bits per heavy atom. The van der Waals surface area contributed by atoms with E-state index in [1.807, 2.05) is 0 Å². The summed E-state index contributed by atoms with van der Waals surface area (Å²) in [6, 6.07) is 92.5. The minimum absolute atomic E-state index is 1.09. The topological polar surface area (TPSA) is 8.17 Å². The molecule has 0 amide bonds. The minimum atomic E-state index is 1.09. The lowest BCUT2D eigenvalue weighted by atomic mass is 9.97.